The molecule has 1 aromatic heterocycles. The maximum absolute atomic E-state index is 12.8. The van der Waals surface area contributed by atoms with Crippen LogP contribution in [-0.2, 0) is 0 Å². The number of hydrogen-bond donors (Lipinski definition) is 0. The SMILES string of the molecule is COc1cccc(-c2cc(-c3ccccc3)c(-c3ccccc3)n2C(C)=O)c1. The molecule has 3 aromatic carbocycles. The van der Waals surface area contributed by atoms with E-state index in [0.717, 1.165) is 39.4 Å². The van der Waals surface area contributed by atoms with Crippen LogP contribution < -0.4 is 4.74 Å². The van der Waals surface area contributed by atoms with E-state index in [1.165, 1.54) is 0 Å². The van der Waals surface area contributed by atoms with Crippen molar-refractivity contribution >= 4 is 5.91 Å². The first-order valence-electron chi connectivity index (χ1n) is 9.21. The van der Waals surface area contributed by atoms with Gasteiger partial charge in [-0.15, -0.1) is 0 Å². The van der Waals surface area contributed by atoms with Crippen molar-refractivity contribution in [3.8, 4) is 39.4 Å². The average Bonchev–Trinajstić information content (AvgIpc) is 3.16. The van der Waals surface area contributed by atoms with Crippen molar-refractivity contribution in [2.75, 3.05) is 7.11 Å². The Kier molecular flexibility index (Phi) is 4.81. The molecule has 0 saturated heterocycles. The fourth-order valence-electron chi connectivity index (χ4n) is 3.55. The largest absolute Gasteiger partial charge is 0.497 e. The monoisotopic (exact) mass is 367 g/mol. The van der Waals surface area contributed by atoms with Crippen LogP contribution in [0.3, 0.4) is 0 Å². The number of ether oxygens (including phenoxy) is 1. The lowest BCUT2D eigenvalue weighted by Crippen LogP contribution is -2.09. The van der Waals surface area contributed by atoms with Gasteiger partial charge in [0.1, 0.15) is 5.75 Å². The van der Waals surface area contributed by atoms with Crippen LogP contribution >= 0.6 is 0 Å². The topological polar surface area (TPSA) is 31.2 Å². The Bertz CT molecular complexity index is 1110. The number of carbonyl (C=O) groups is 1. The molecule has 4 rings (SSSR count). The smallest absolute Gasteiger partial charge is 0.228 e. The van der Waals surface area contributed by atoms with E-state index in [2.05, 4.69) is 18.2 Å². The lowest BCUT2D eigenvalue weighted by molar-refractivity contribution is 0.0940. The summed E-state index contributed by atoms with van der Waals surface area (Å²) in [4.78, 5) is 12.8. The molecule has 0 radical (unpaired) electrons. The number of carbonyl (C=O) groups excluding carboxylic acids is 1. The molecule has 0 amide bonds. The van der Waals surface area contributed by atoms with Crippen molar-refractivity contribution < 1.29 is 9.53 Å². The maximum Gasteiger partial charge on any atom is 0.228 e. The summed E-state index contributed by atoms with van der Waals surface area (Å²) >= 11 is 0. The number of aromatic nitrogens is 1. The first kappa shape index (κ1) is 17.8. The molecule has 0 fully saturated rings. The molecule has 0 aliphatic carbocycles. The summed E-state index contributed by atoms with van der Waals surface area (Å²) < 4.78 is 7.19. The lowest BCUT2D eigenvalue weighted by atomic mass is 10.0. The van der Waals surface area contributed by atoms with Gasteiger partial charge in [0, 0.05) is 18.1 Å². The normalized spacial score (nSPS) is 10.6. The van der Waals surface area contributed by atoms with Gasteiger partial charge in [0.25, 0.3) is 0 Å². The van der Waals surface area contributed by atoms with Gasteiger partial charge in [0.05, 0.1) is 18.5 Å². The zero-order valence-electron chi connectivity index (χ0n) is 15.9. The molecule has 0 unspecified atom stereocenters. The third-order valence-electron chi connectivity index (χ3n) is 4.81. The summed E-state index contributed by atoms with van der Waals surface area (Å²) in [5, 5.41) is 0. The summed E-state index contributed by atoms with van der Waals surface area (Å²) in [7, 11) is 1.65. The molecule has 0 aliphatic rings. The van der Waals surface area contributed by atoms with E-state index in [9.17, 15) is 4.79 Å². The fraction of sp³-hybridized carbons (Fsp3) is 0.0800. The Hall–Kier alpha value is -3.59. The van der Waals surface area contributed by atoms with Crippen LogP contribution in [0.1, 0.15) is 11.7 Å². The van der Waals surface area contributed by atoms with E-state index in [4.69, 9.17) is 4.74 Å². The molecule has 0 bridgehead atoms. The summed E-state index contributed by atoms with van der Waals surface area (Å²) in [6, 6.07) is 30.1. The predicted molar refractivity (Wildman–Crippen MR) is 114 cm³/mol. The quantitative estimate of drug-likeness (QED) is 0.433. The highest BCUT2D eigenvalue weighted by atomic mass is 16.5. The summed E-state index contributed by atoms with van der Waals surface area (Å²) in [6.45, 7) is 1.60. The molecule has 0 N–H and O–H groups in total. The van der Waals surface area contributed by atoms with Crippen molar-refractivity contribution in [1.29, 1.82) is 0 Å². The minimum Gasteiger partial charge on any atom is -0.497 e. The molecule has 0 saturated carbocycles. The van der Waals surface area contributed by atoms with Crippen molar-refractivity contribution in [3.05, 3.63) is 91.0 Å². The second-order valence-corrected chi connectivity index (χ2v) is 6.61. The third kappa shape index (κ3) is 3.23. The van der Waals surface area contributed by atoms with Crippen LogP contribution in [0.5, 0.6) is 5.75 Å². The van der Waals surface area contributed by atoms with Gasteiger partial charge in [0.15, 0.2) is 0 Å². The molecule has 28 heavy (non-hydrogen) atoms. The van der Waals surface area contributed by atoms with Crippen LogP contribution in [0.2, 0.25) is 0 Å². The van der Waals surface area contributed by atoms with E-state index in [1.54, 1.807) is 18.6 Å². The molecule has 3 nitrogen and oxygen atoms in total. The Balaban J connectivity index is 2.05. The summed E-state index contributed by atoms with van der Waals surface area (Å²) in [5.74, 6) is 0.732. The fourth-order valence-corrected chi connectivity index (χ4v) is 3.55. The van der Waals surface area contributed by atoms with Crippen molar-refractivity contribution in [2.24, 2.45) is 0 Å². The maximum atomic E-state index is 12.8. The molecular weight excluding hydrogens is 346 g/mol. The van der Waals surface area contributed by atoms with E-state index in [1.807, 2.05) is 72.8 Å². The highest BCUT2D eigenvalue weighted by molar-refractivity contribution is 5.96. The van der Waals surface area contributed by atoms with Crippen molar-refractivity contribution in [2.45, 2.75) is 6.92 Å². The zero-order valence-corrected chi connectivity index (χ0v) is 15.9. The van der Waals surface area contributed by atoms with Crippen LogP contribution in [0.25, 0.3) is 33.6 Å². The van der Waals surface area contributed by atoms with Gasteiger partial charge in [-0.2, -0.15) is 0 Å². The van der Waals surface area contributed by atoms with Crippen LogP contribution in [0.4, 0.5) is 0 Å². The molecule has 1 heterocycles. The predicted octanol–water partition coefficient (Wildman–Crippen LogP) is 6.16. The summed E-state index contributed by atoms with van der Waals surface area (Å²) in [5.41, 5.74) is 5.80. The Morgan fingerprint density at radius 2 is 1.36 bits per heavy atom. The van der Waals surface area contributed by atoms with Crippen LogP contribution in [0, 0.1) is 0 Å². The minimum absolute atomic E-state index is 0.0288. The van der Waals surface area contributed by atoms with Gasteiger partial charge in [-0.3, -0.25) is 9.36 Å². The van der Waals surface area contributed by atoms with Crippen molar-refractivity contribution in [1.82, 2.24) is 4.57 Å². The van der Waals surface area contributed by atoms with E-state index < -0.39 is 0 Å². The summed E-state index contributed by atoms with van der Waals surface area (Å²) in [6.07, 6.45) is 0. The van der Waals surface area contributed by atoms with Gasteiger partial charge in [-0.25, -0.2) is 0 Å². The third-order valence-corrected chi connectivity index (χ3v) is 4.81. The first-order chi connectivity index (χ1) is 13.7. The van der Waals surface area contributed by atoms with Gasteiger partial charge < -0.3 is 4.74 Å². The molecule has 4 aromatic rings. The highest BCUT2D eigenvalue weighted by Gasteiger charge is 2.21. The van der Waals surface area contributed by atoms with Crippen LogP contribution in [-0.4, -0.2) is 17.6 Å². The second-order valence-electron chi connectivity index (χ2n) is 6.61. The van der Waals surface area contributed by atoms with Crippen LogP contribution in [0.15, 0.2) is 91.0 Å². The molecule has 0 atom stereocenters. The molecule has 0 spiro atoms. The number of rotatable bonds is 4. The number of hydrogen-bond acceptors (Lipinski definition) is 2. The molecule has 0 aliphatic heterocycles. The first-order valence-corrected chi connectivity index (χ1v) is 9.21. The standard InChI is InChI=1S/C25H21NO2/c1-18(27)26-24(21-14-9-15-22(16-21)28-2)17-23(19-10-5-3-6-11-19)25(26)20-12-7-4-8-13-20/h3-17H,1-2H3. The van der Waals surface area contributed by atoms with E-state index in [0.29, 0.717) is 0 Å². The number of methoxy groups -OCH3 is 1. The number of benzene rings is 3. The van der Waals surface area contributed by atoms with E-state index >= 15 is 0 Å². The Morgan fingerprint density at radius 1 is 0.750 bits per heavy atom. The Labute approximate surface area is 164 Å². The van der Waals surface area contributed by atoms with E-state index in [-0.39, 0.29) is 5.91 Å². The van der Waals surface area contributed by atoms with Gasteiger partial charge in [0.2, 0.25) is 5.91 Å². The van der Waals surface area contributed by atoms with Gasteiger partial charge in [-0.05, 0) is 29.3 Å². The highest BCUT2D eigenvalue weighted by Crippen LogP contribution is 2.39. The molecule has 138 valence electrons. The minimum atomic E-state index is -0.0288. The lowest BCUT2D eigenvalue weighted by Gasteiger charge is -2.12. The molecular formula is C25H21NO2. The molecule has 3 heteroatoms. The Morgan fingerprint density at radius 3 is 1.96 bits per heavy atom. The second kappa shape index (κ2) is 7.57. The zero-order chi connectivity index (χ0) is 19.5. The van der Waals surface area contributed by atoms with Gasteiger partial charge in [-0.1, -0.05) is 72.8 Å². The number of nitrogens with zero attached hydrogens (tertiary/aromatic N) is 1. The average molecular weight is 367 g/mol. The van der Waals surface area contributed by atoms with Gasteiger partial charge >= 0.3 is 0 Å². The van der Waals surface area contributed by atoms with Crippen molar-refractivity contribution in [3.63, 3.8) is 0 Å².